The van der Waals surface area contributed by atoms with Crippen molar-refractivity contribution in [3.63, 3.8) is 0 Å². The van der Waals surface area contributed by atoms with Gasteiger partial charge in [-0.3, -0.25) is 9.36 Å². The summed E-state index contributed by atoms with van der Waals surface area (Å²) in [6, 6.07) is 13.3. The first-order chi connectivity index (χ1) is 13.1. The van der Waals surface area contributed by atoms with E-state index in [0.29, 0.717) is 17.2 Å². The number of benzene rings is 2. The maximum Gasteiger partial charge on any atom is 0.234 e. The van der Waals surface area contributed by atoms with Crippen molar-refractivity contribution in [3.8, 4) is 17.2 Å². The molecule has 1 aromatic heterocycles. The van der Waals surface area contributed by atoms with Crippen LogP contribution in [0, 0.1) is 6.92 Å². The predicted octanol–water partition coefficient (Wildman–Crippen LogP) is 3.93. The zero-order valence-corrected chi connectivity index (χ0v) is 16.2. The van der Waals surface area contributed by atoms with Gasteiger partial charge in [0.05, 0.1) is 25.7 Å². The number of methoxy groups -OCH3 is 2. The Morgan fingerprint density at radius 2 is 1.93 bits per heavy atom. The lowest BCUT2D eigenvalue weighted by atomic mass is 10.2. The number of hydrogen-bond donors (Lipinski definition) is 1. The lowest BCUT2D eigenvalue weighted by molar-refractivity contribution is -0.113. The number of anilines is 1. The standard InChI is InChI=1S/C20H21N3O3S/c1-14-6-4-5-7-16(14)23-11-10-21-20(23)27-13-19(24)22-15-8-9-17(25-2)18(12-15)26-3/h4-12H,13H2,1-3H3,(H,22,24). The van der Waals surface area contributed by atoms with E-state index in [2.05, 4.69) is 10.3 Å². The quantitative estimate of drug-likeness (QED) is 0.626. The topological polar surface area (TPSA) is 65.4 Å². The molecule has 0 aliphatic rings. The van der Waals surface area contributed by atoms with Gasteiger partial charge in [-0.05, 0) is 30.7 Å². The minimum absolute atomic E-state index is 0.119. The van der Waals surface area contributed by atoms with Gasteiger partial charge in [0, 0.05) is 24.1 Å². The van der Waals surface area contributed by atoms with Gasteiger partial charge in [0.1, 0.15) is 0 Å². The Morgan fingerprint density at radius 3 is 2.67 bits per heavy atom. The lowest BCUT2D eigenvalue weighted by Crippen LogP contribution is -2.14. The van der Waals surface area contributed by atoms with E-state index in [1.54, 1.807) is 38.6 Å². The number of nitrogens with zero attached hydrogens (tertiary/aromatic N) is 2. The number of carbonyl (C=O) groups is 1. The highest BCUT2D eigenvalue weighted by Crippen LogP contribution is 2.30. The Bertz CT molecular complexity index is 940. The highest BCUT2D eigenvalue weighted by molar-refractivity contribution is 7.99. The molecule has 6 nitrogen and oxygen atoms in total. The fourth-order valence-electron chi connectivity index (χ4n) is 2.65. The van der Waals surface area contributed by atoms with Crippen molar-refractivity contribution in [1.82, 2.24) is 9.55 Å². The molecule has 140 valence electrons. The number of aryl methyl sites for hydroxylation is 1. The molecule has 0 atom stereocenters. The second-order valence-corrected chi connectivity index (χ2v) is 6.72. The van der Waals surface area contributed by atoms with Gasteiger partial charge in [0.25, 0.3) is 0 Å². The summed E-state index contributed by atoms with van der Waals surface area (Å²) in [6.07, 6.45) is 3.64. The van der Waals surface area contributed by atoms with Crippen molar-refractivity contribution < 1.29 is 14.3 Å². The summed E-state index contributed by atoms with van der Waals surface area (Å²) in [5.41, 5.74) is 2.85. The van der Waals surface area contributed by atoms with Crippen LogP contribution < -0.4 is 14.8 Å². The summed E-state index contributed by atoms with van der Waals surface area (Å²) in [5, 5.41) is 3.64. The number of amides is 1. The van der Waals surface area contributed by atoms with E-state index in [1.807, 2.05) is 42.0 Å². The molecular weight excluding hydrogens is 362 g/mol. The van der Waals surface area contributed by atoms with Crippen molar-refractivity contribution in [2.24, 2.45) is 0 Å². The van der Waals surface area contributed by atoms with Gasteiger partial charge in [-0.25, -0.2) is 4.98 Å². The molecular formula is C20H21N3O3S. The first kappa shape index (κ1) is 18.8. The fourth-order valence-corrected chi connectivity index (χ4v) is 3.42. The van der Waals surface area contributed by atoms with E-state index in [4.69, 9.17) is 9.47 Å². The van der Waals surface area contributed by atoms with Crippen molar-refractivity contribution in [3.05, 3.63) is 60.4 Å². The van der Waals surface area contributed by atoms with Crippen LogP contribution in [0.1, 0.15) is 5.56 Å². The molecule has 3 aromatic rings. The first-order valence-corrected chi connectivity index (χ1v) is 9.35. The average Bonchev–Trinajstić information content (AvgIpc) is 3.15. The van der Waals surface area contributed by atoms with Crippen LogP contribution >= 0.6 is 11.8 Å². The Kier molecular flexibility index (Phi) is 6.03. The van der Waals surface area contributed by atoms with Crippen LogP contribution in [0.5, 0.6) is 11.5 Å². The fraction of sp³-hybridized carbons (Fsp3) is 0.200. The van der Waals surface area contributed by atoms with E-state index in [9.17, 15) is 4.79 Å². The molecule has 0 aliphatic heterocycles. The van der Waals surface area contributed by atoms with Gasteiger partial charge in [0.15, 0.2) is 16.7 Å². The summed E-state index contributed by atoms with van der Waals surface area (Å²) in [4.78, 5) is 16.7. The van der Waals surface area contributed by atoms with Crippen molar-refractivity contribution >= 4 is 23.4 Å². The molecule has 0 bridgehead atoms. The van der Waals surface area contributed by atoms with Crippen LogP contribution in [0.2, 0.25) is 0 Å². The molecule has 0 fully saturated rings. The molecule has 7 heteroatoms. The molecule has 1 N–H and O–H groups in total. The highest BCUT2D eigenvalue weighted by atomic mass is 32.2. The average molecular weight is 383 g/mol. The van der Waals surface area contributed by atoms with E-state index in [-0.39, 0.29) is 11.7 Å². The number of thioether (sulfide) groups is 1. The number of nitrogens with one attached hydrogen (secondary N) is 1. The van der Waals surface area contributed by atoms with E-state index in [0.717, 1.165) is 16.4 Å². The van der Waals surface area contributed by atoms with Crippen LogP contribution in [0.15, 0.2) is 60.0 Å². The van der Waals surface area contributed by atoms with E-state index >= 15 is 0 Å². The maximum absolute atomic E-state index is 12.3. The summed E-state index contributed by atoms with van der Waals surface area (Å²) in [5.74, 6) is 1.31. The maximum atomic E-state index is 12.3. The van der Waals surface area contributed by atoms with Crippen LogP contribution in [0.3, 0.4) is 0 Å². The summed E-state index contributed by atoms with van der Waals surface area (Å²) in [6.45, 7) is 2.05. The van der Waals surface area contributed by atoms with Gasteiger partial charge in [-0.15, -0.1) is 0 Å². The minimum atomic E-state index is -0.119. The molecule has 1 heterocycles. The molecule has 0 spiro atoms. The largest absolute Gasteiger partial charge is 0.493 e. The molecule has 0 radical (unpaired) electrons. The zero-order valence-electron chi connectivity index (χ0n) is 15.4. The highest BCUT2D eigenvalue weighted by Gasteiger charge is 2.12. The Balaban J connectivity index is 1.66. The second-order valence-electron chi connectivity index (χ2n) is 5.77. The smallest absolute Gasteiger partial charge is 0.234 e. The summed E-state index contributed by atoms with van der Waals surface area (Å²) >= 11 is 1.39. The SMILES string of the molecule is COc1ccc(NC(=O)CSc2nccn2-c2ccccc2C)cc1OC. The number of hydrogen-bond acceptors (Lipinski definition) is 5. The predicted molar refractivity (Wildman–Crippen MR) is 107 cm³/mol. The van der Waals surface area contributed by atoms with Crippen LogP contribution in [-0.2, 0) is 4.79 Å². The molecule has 0 unspecified atom stereocenters. The second kappa shape index (κ2) is 8.64. The number of para-hydroxylation sites is 1. The summed E-state index contributed by atoms with van der Waals surface area (Å²) < 4.78 is 12.5. The third-order valence-corrected chi connectivity index (χ3v) is 4.95. The van der Waals surface area contributed by atoms with E-state index in [1.165, 1.54) is 11.8 Å². The van der Waals surface area contributed by atoms with Crippen molar-refractivity contribution in [2.45, 2.75) is 12.1 Å². The van der Waals surface area contributed by atoms with Crippen LogP contribution in [0.4, 0.5) is 5.69 Å². The number of carbonyl (C=O) groups excluding carboxylic acids is 1. The van der Waals surface area contributed by atoms with E-state index < -0.39 is 0 Å². The molecule has 1 amide bonds. The van der Waals surface area contributed by atoms with Gasteiger partial charge in [-0.2, -0.15) is 0 Å². The molecule has 0 aliphatic carbocycles. The van der Waals surface area contributed by atoms with Crippen molar-refractivity contribution in [2.75, 3.05) is 25.3 Å². The first-order valence-electron chi connectivity index (χ1n) is 8.36. The van der Waals surface area contributed by atoms with Crippen molar-refractivity contribution in [1.29, 1.82) is 0 Å². The number of imidazole rings is 1. The van der Waals surface area contributed by atoms with Crippen LogP contribution in [-0.4, -0.2) is 35.4 Å². The zero-order chi connectivity index (χ0) is 19.2. The Labute approximate surface area is 162 Å². The van der Waals surface area contributed by atoms with Gasteiger partial charge in [0.2, 0.25) is 5.91 Å². The molecule has 0 saturated carbocycles. The normalized spacial score (nSPS) is 10.5. The van der Waals surface area contributed by atoms with Crippen LogP contribution in [0.25, 0.3) is 5.69 Å². The number of ether oxygens (including phenoxy) is 2. The molecule has 0 saturated heterocycles. The Morgan fingerprint density at radius 1 is 1.15 bits per heavy atom. The Hall–Kier alpha value is -2.93. The third kappa shape index (κ3) is 4.43. The van der Waals surface area contributed by atoms with Gasteiger partial charge >= 0.3 is 0 Å². The van der Waals surface area contributed by atoms with Gasteiger partial charge < -0.3 is 14.8 Å². The molecule has 27 heavy (non-hydrogen) atoms. The monoisotopic (exact) mass is 383 g/mol. The lowest BCUT2D eigenvalue weighted by Gasteiger charge is -2.11. The molecule has 3 rings (SSSR count). The number of rotatable bonds is 7. The summed E-state index contributed by atoms with van der Waals surface area (Å²) in [7, 11) is 3.13. The third-order valence-electron chi connectivity index (χ3n) is 3.98. The molecule has 2 aromatic carbocycles. The number of aromatic nitrogens is 2. The minimum Gasteiger partial charge on any atom is -0.493 e. The van der Waals surface area contributed by atoms with Gasteiger partial charge in [-0.1, -0.05) is 30.0 Å².